The van der Waals surface area contributed by atoms with E-state index in [0.29, 0.717) is 0 Å². The van der Waals surface area contributed by atoms with Gasteiger partial charge in [0.1, 0.15) is 0 Å². The summed E-state index contributed by atoms with van der Waals surface area (Å²) in [6.45, 7) is 2.30. The third-order valence-corrected chi connectivity index (χ3v) is 4.00. The van der Waals surface area contributed by atoms with Crippen LogP contribution in [0.1, 0.15) is 24.5 Å². The van der Waals surface area contributed by atoms with Gasteiger partial charge < -0.3 is 37.2 Å². The van der Waals surface area contributed by atoms with Crippen LogP contribution in [0, 0.1) is 6.08 Å². The summed E-state index contributed by atoms with van der Waals surface area (Å²) < 4.78 is 0. The third kappa shape index (κ3) is 4.99. The molecule has 4 heteroatoms. The molecule has 0 radical (unpaired) electrons. The summed E-state index contributed by atoms with van der Waals surface area (Å²) in [4.78, 5) is 0. The standard InChI is InChI=1S/C19H17.3ClH.Ti/c1-19(18-14-8-9-15-18,16-10-4-2-5-11-16)17-12-6-3-7-13-17;;;;/h2-13H,14H2,1H3;3*1H;/q-1;;;;+4/p-3. The number of benzene rings is 2. The number of rotatable bonds is 3. The summed E-state index contributed by atoms with van der Waals surface area (Å²) in [5.41, 5.74) is 3.90. The predicted octanol–water partition coefficient (Wildman–Crippen LogP) is -4.31. The van der Waals surface area contributed by atoms with Gasteiger partial charge in [0, 0.05) is 5.41 Å². The minimum atomic E-state index is -0.0913. The van der Waals surface area contributed by atoms with Crippen LogP contribution >= 0.6 is 0 Å². The molecule has 0 atom stereocenters. The van der Waals surface area contributed by atoms with Crippen LogP contribution in [0.15, 0.2) is 78.4 Å². The molecule has 0 N–H and O–H groups in total. The van der Waals surface area contributed by atoms with Crippen molar-refractivity contribution in [2.45, 2.75) is 18.8 Å². The molecule has 0 saturated carbocycles. The van der Waals surface area contributed by atoms with Crippen LogP contribution in [0.4, 0.5) is 0 Å². The Labute approximate surface area is 172 Å². The Hall–Kier alpha value is -0.496. The number of allylic oxidation sites excluding steroid dienone is 4. The fourth-order valence-electron chi connectivity index (χ4n) is 2.80. The summed E-state index contributed by atoms with van der Waals surface area (Å²) in [7, 11) is 0. The van der Waals surface area contributed by atoms with Gasteiger partial charge in [0.05, 0.1) is 0 Å². The van der Waals surface area contributed by atoms with E-state index < -0.39 is 0 Å². The van der Waals surface area contributed by atoms with Gasteiger partial charge >= 0.3 is 21.7 Å². The van der Waals surface area contributed by atoms with Crippen LogP contribution in [0.25, 0.3) is 0 Å². The first-order valence-corrected chi connectivity index (χ1v) is 6.71. The maximum absolute atomic E-state index is 3.43. The van der Waals surface area contributed by atoms with E-state index in [1.54, 1.807) is 0 Å². The van der Waals surface area contributed by atoms with Gasteiger partial charge in [0.2, 0.25) is 0 Å². The monoisotopic (exact) mass is 398 g/mol. The van der Waals surface area contributed by atoms with Gasteiger partial charge in [-0.1, -0.05) is 67.1 Å². The molecule has 0 saturated heterocycles. The zero-order valence-corrected chi connectivity index (χ0v) is 16.6. The van der Waals surface area contributed by atoms with Crippen molar-refractivity contribution in [3.05, 3.63) is 95.6 Å². The van der Waals surface area contributed by atoms with E-state index in [0.717, 1.165) is 6.42 Å². The van der Waals surface area contributed by atoms with Crippen LogP contribution in [-0.4, -0.2) is 0 Å². The molecule has 1 aliphatic carbocycles. The van der Waals surface area contributed by atoms with E-state index in [1.165, 1.54) is 16.7 Å². The normalized spacial score (nSPS) is 12.0. The molecule has 0 fully saturated rings. The van der Waals surface area contributed by atoms with Gasteiger partial charge in [-0.3, -0.25) is 6.08 Å². The van der Waals surface area contributed by atoms with Gasteiger partial charge in [-0.2, -0.15) is 5.57 Å². The largest absolute Gasteiger partial charge is 4.00 e. The van der Waals surface area contributed by atoms with Gasteiger partial charge in [-0.25, -0.2) is 12.2 Å². The van der Waals surface area contributed by atoms with E-state index >= 15 is 0 Å². The Morgan fingerprint density at radius 1 is 0.783 bits per heavy atom. The second-order valence-corrected chi connectivity index (χ2v) is 5.09. The van der Waals surface area contributed by atoms with E-state index in [2.05, 4.69) is 79.7 Å². The number of hydrogen-bond acceptors (Lipinski definition) is 0. The van der Waals surface area contributed by atoms with Crippen LogP contribution in [0.3, 0.4) is 0 Å². The molecule has 2 aromatic rings. The maximum Gasteiger partial charge on any atom is 4.00 e. The first kappa shape index (κ1) is 24.8. The van der Waals surface area contributed by atoms with Crippen molar-refractivity contribution in [2.75, 3.05) is 0 Å². The minimum Gasteiger partial charge on any atom is -1.00 e. The summed E-state index contributed by atoms with van der Waals surface area (Å²) >= 11 is 0. The topological polar surface area (TPSA) is 0 Å². The molecule has 0 amide bonds. The van der Waals surface area contributed by atoms with Gasteiger partial charge in [0.15, 0.2) is 0 Å². The van der Waals surface area contributed by atoms with Gasteiger partial charge in [0.25, 0.3) is 0 Å². The van der Waals surface area contributed by atoms with Crippen molar-refractivity contribution >= 4 is 0 Å². The number of hydrogen-bond donors (Lipinski definition) is 0. The predicted molar refractivity (Wildman–Crippen MR) is 79.9 cm³/mol. The first-order valence-electron chi connectivity index (χ1n) is 6.71. The first-order chi connectivity index (χ1) is 9.32. The van der Waals surface area contributed by atoms with Crippen molar-refractivity contribution in [1.82, 2.24) is 0 Å². The molecule has 0 spiro atoms. The van der Waals surface area contributed by atoms with Crippen molar-refractivity contribution in [2.24, 2.45) is 0 Å². The molecule has 3 rings (SSSR count). The Morgan fingerprint density at radius 3 is 1.57 bits per heavy atom. The fraction of sp³-hybridized carbons (Fsp3) is 0.158. The Balaban J connectivity index is 0. The second kappa shape index (κ2) is 11.1. The SMILES string of the molecule is CC(C1=[C-]C=CC1)(c1ccccc1)c1ccccc1.[Cl-].[Cl-].[Cl-].[Ti+4]. The van der Waals surface area contributed by atoms with E-state index in [-0.39, 0.29) is 64.4 Å². The Bertz CT molecular complexity index is 582. The summed E-state index contributed by atoms with van der Waals surface area (Å²) in [5.74, 6) is 0. The molecule has 0 heterocycles. The quantitative estimate of drug-likeness (QED) is 0.362. The van der Waals surface area contributed by atoms with Gasteiger partial charge in [-0.05, 0) is 18.1 Å². The average molecular weight is 400 g/mol. The van der Waals surface area contributed by atoms with Gasteiger partial charge in [-0.15, -0.1) is 0 Å². The van der Waals surface area contributed by atoms with E-state index in [1.807, 2.05) is 6.08 Å². The van der Waals surface area contributed by atoms with Crippen LogP contribution < -0.4 is 37.2 Å². The molecule has 0 aromatic heterocycles. The second-order valence-electron chi connectivity index (χ2n) is 5.09. The van der Waals surface area contributed by atoms with Crippen molar-refractivity contribution in [3.63, 3.8) is 0 Å². The molecular formula is C19H17Cl3Ti. The maximum atomic E-state index is 3.43. The molecule has 2 aromatic carbocycles. The summed E-state index contributed by atoms with van der Waals surface area (Å²) in [5, 5.41) is 0. The molecule has 0 aliphatic heterocycles. The van der Waals surface area contributed by atoms with E-state index in [9.17, 15) is 0 Å². The van der Waals surface area contributed by atoms with Crippen molar-refractivity contribution < 1.29 is 58.9 Å². The fourth-order valence-corrected chi connectivity index (χ4v) is 2.80. The van der Waals surface area contributed by atoms with Crippen molar-refractivity contribution in [3.8, 4) is 0 Å². The molecule has 0 nitrogen and oxygen atoms in total. The van der Waals surface area contributed by atoms with Crippen LogP contribution in [0.2, 0.25) is 0 Å². The zero-order valence-electron chi connectivity index (χ0n) is 12.8. The smallest absolute Gasteiger partial charge is 1.00 e. The molecular weight excluding hydrogens is 382 g/mol. The van der Waals surface area contributed by atoms with E-state index in [4.69, 9.17) is 0 Å². The number of halogens is 3. The third-order valence-electron chi connectivity index (χ3n) is 4.00. The van der Waals surface area contributed by atoms with Crippen molar-refractivity contribution in [1.29, 1.82) is 0 Å². The molecule has 0 bridgehead atoms. The Morgan fingerprint density at radius 2 is 1.22 bits per heavy atom. The molecule has 118 valence electrons. The minimum absolute atomic E-state index is 0. The summed E-state index contributed by atoms with van der Waals surface area (Å²) in [6.07, 6.45) is 8.64. The van der Waals surface area contributed by atoms with Crippen LogP contribution in [-0.2, 0) is 27.1 Å². The molecule has 23 heavy (non-hydrogen) atoms. The zero-order chi connectivity index (χ0) is 13.1. The summed E-state index contributed by atoms with van der Waals surface area (Å²) in [6, 6.07) is 21.4. The molecule has 0 unspecified atom stereocenters. The Kier molecular flexibility index (Phi) is 12.0. The molecule has 1 aliphatic rings. The van der Waals surface area contributed by atoms with Crippen LogP contribution in [0.5, 0.6) is 0 Å². The average Bonchev–Trinajstić information content (AvgIpc) is 3.03.